The van der Waals surface area contributed by atoms with E-state index in [9.17, 15) is 47.9 Å². The first-order chi connectivity index (χ1) is 47.1. The van der Waals surface area contributed by atoms with E-state index in [-0.39, 0.29) is 72.4 Å². The third kappa shape index (κ3) is 16.3. The maximum atomic E-state index is 13.2. The quantitative estimate of drug-likeness (QED) is 0.0392. The van der Waals surface area contributed by atoms with Crippen molar-refractivity contribution >= 4 is 65.1 Å². The van der Waals surface area contributed by atoms with Gasteiger partial charge in [0.25, 0.3) is 23.6 Å². The molecule has 4 amide bonds. The molecule has 0 atom stereocenters. The number of cyclic esters (lactones) is 6. The number of fused-ring (bicyclic) bond motifs is 5. The molecule has 17 nitrogen and oxygen atoms in total. The number of hydrogen-bond acceptors (Lipinski definition) is 15. The van der Waals surface area contributed by atoms with Gasteiger partial charge in [-0.25, -0.2) is 28.8 Å². The summed E-state index contributed by atoms with van der Waals surface area (Å²) in [6.45, 7) is -0.477. The Morgan fingerprint density at radius 1 is 0.290 bits per heavy atom. The first-order valence-electron chi connectivity index (χ1n) is 30.0. The molecular formula is C83H64N4O13. The summed E-state index contributed by atoms with van der Waals surface area (Å²) in [5.41, 5.74) is 21.6. The molecule has 0 saturated carbocycles. The Morgan fingerprint density at radius 3 is 1.11 bits per heavy atom. The maximum Gasteiger partial charge on any atom is 0.347 e. The second-order valence-electron chi connectivity index (χ2n) is 21.7. The van der Waals surface area contributed by atoms with E-state index in [4.69, 9.17) is 5.73 Å². The molecule has 494 valence electrons. The predicted molar refractivity (Wildman–Crippen MR) is 378 cm³/mol. The first kappa shape index (κ1) is 72.2. The van der Waals surface area contributed by atoms with Crippen LogP contribution in [0.2, 0.25) is 0 Å². The van der Waals surface area contributed by atoms with Crippen LogP contribution in [0, 0.1) is 35.5 Å². The predicted octanol–water partition coefficient (Wildman–Crippen LogP) is 13.0. The lowest BCUT2D eigenvalue weighted by molar-refractivity contribution is 0.0425. The van der Waals surface area contributed by atoms with E-state index in [1.807, 2.05) is 115 Å². The normalized spacial score (nSPS) is 12.6. The van der Waals surface area contributed by atoms with Gasteiger partial charge >= 0.3 is 35.8 Å². The van der Waals surface area contributed by atoms with Crippen molar-refractivity contribution < 1.29 is 62.2 Å². The number of esters is 6. The van der Waals surface area contributed by atoms with Crippen molar-refractivity contribution in [1.29, 1.82) is 0 Å². The van der Waals surface area contributed by atoms with E-state index in [0.29, 0.717) is 34.2 Å². The molecule has 0 bridgehead atoms. The molecule has 0 radical (unpaired) electrons. The summed E-state index contributed by atoms with van der Waals surface area (Å²) in [5, 5.41) is 0. The molecule has 0 aliphatic carbocycles. The molecule has 4 N–H and O–H groups in total. The van der Waals surface area contributed by atoms with Gasteiger partial charge in [-0.2, -0.15) is 0 Å². The largest absolute Gasteiger partial charge is 0.399 e. The Balaban J connectivity index is 0.000000179. The number of benzene rings is 10. The summed E-state index contributed by atoms with van der Waals surface area (Å²) in [5.74, 6) is 11.8. The lowest BCUT2D eigenvalue weighted by atomic mass is 9.95. The smallest absolute Gasteiger partial charge is 0.347 e. The van der Waals surface area contributed by atoms with Crippen LogP contribution in [0.3, 0.4) is 0 Å². The molecule has 5 heterocycles. The average molecular weight is 1330 g/mol. The van der Waals surface area contributed by atoms with E-state index in [2.05, 4.69) is 85.8 Å². The van der Waals surface area contributed by atoms with E-state index in [1.165, 1.54) is 30.3 Å². The van der Waals surface area contributed by atoms with Crippen molar-refractivity contribution in [3.8, 4) is 35.5 Å². The second-order valence-corrected chi connectivity index (χ2v) is 21.7. The van der Waals surface area contributed by atoms with Crippen LogP contribution in [0.25, 0.3) is 0 Å². The minimum atomic E-state index is -0.681. The fourth-order valence-electron chi connectivity index (χ4n) is 10.6. The second kappa shape index (κ2) is 32.7. The van der Waals surface area contributed by atoms with Gasteiger partial charge in [-0.1, -0.05) is 173 Å². The lowest BCUT2D eigenvalue weighted by Crippen LogP contribution is -2.43. The van der Waals surface area contributed by atoms with E-state index in [0.717, 1.165) is 44.2 Å². The van der Waals surface area contributed by atoms with Crippen molar-refractivity contribution in [2.45, 2.75) is 35.1 Å². The highest BCUT2D eigenvalue weighted by Crippen LogP contribution is 2.31. The van der Waals surface area contributed by atoms with Gasteiger partial charge in [-0.05, 0) is 163 Å². The summed E-state index contributed by atoms with van der Waals surface area (Å²) in [4.78, 5) is 123. The summed E-state index contributed by atoms with van der Waals surface area (Å²) >= 11 is 0. The number of imide groups is 2. The van der Waals surface area contributed by atoms with Crippen LogP contribution < -0.4 is 11.5 Å². The fourth-order valence-corrected chi connectivity index (χ4v) is 10.6. The Labute approximate surface area is 578 Å². The van der Waals surface area contributed by atoms with Crippen LogP contribution in [0.5, 0.6) is 0 Å². The Morgan fingerprint density at radius 2 is 0.640 bits per heavy atom. The third-order valence-corrected chi connectivity index (χ3v) is 15.3. The Hall–Kier alpha value is -13.7. The van der Waals surface area contributed by atoms with Crippen molar-refractivity contribution in [3.05, 3.63) is 348 Å². The zero-order chi connectivity index (χ0) is 68.1. The van der Waals surface area contributed by atoms with Crippen molar-refractivity contribution in [2.75, 3.05) is 19.5 Å². The molecule has 100 heavy (non-hydrogen) atoms. The van der Waals surface area contributed by atoms with Crippen molar-refractivity contribution in [2.24, 2.45) is 5.73 Å². The number of nitrogens with zero attached hydrogens (tertiary/aromatic N) is 2. The number of carbonyl (C=O) groups is 10. The molecule has 5 aliphatic heterocycles. The molecule has 0 spiro atoms. The number of ether oxygens (including phenoxy) is 3. The number of nitrogens with two attached hydrogens (primary N) is 2. The van der Waals surface area contributed by atoms with Crippen molar-refractivity contribution in [3.63, 3.8) is 0 Å². The SMILES string of the molecule is C.C.C.CN.Nc1cccc(Cc2ccccc2)c1.O=C1OC(=O)c2cc(C#Cc3ccccc3)ccc21.O=C1OC(=O)c2cc(Cc3cccc4c3C(=O)OC4=O)ccc21.O=C1c2ccc(C#Cc3ccccc3)cc2C(=O)N1CN1C(=O)c2ccc(C#Cc3ccccc3)cc2C1=O. The molecule has 0 fully saturated rings. The molecule has 15 rings (SSSR count). The number of rotatable bonds is 6. The highest BCUT2D eigenvalue weighted by atomic mass is 16.6. The average Bonchev–Trinajstić information content (AvgIpc) is 1.61. The minimum absolute atomic E-state index is 0. The molecule has 5 aliphatic rings. The summed E-state index contributed by atoms with van der Waals surface area (Å²) < 4.78 is 13.7. The van der Waals surface area contributed by atoms with Crippen LogP contribution in [0.1, 0.15) is 181 Å². The highest BCUT2D eigenvalue weighted by Gasteiger charge is 2.43. The summed E-state index contributed by atoms with van der Waals surface area (Å²) in [7, 11) is 1.50. The van der Waals surface area contributed by atoms with Gasteiger partial charge < -0.3 is 25.7 Å². The van der Waals surface area contributed by atoms with Gasteiger partial charge in [0.2, 0.25) is 0 Å². The molecule has 0 aromatic heterocycles. The van der Waals surface area contributed by atoms with Crippen LogP contribution in [0.15, 0.2) is 237 Å². The van der Waals surface area contributed by atoms with E-state index in [1.54, 1.807) is 78.9 Å². The van der Waals surface area contributed by atoms with Crippen molar-refractivity contribution in [1.82, 2.24) is 9.80 Å². The van der Waals surface area contributed by atoms with Gasteiger partial charge in [0.15, 0.2) is 0 Å². The highest BCUT2D eigenvalue weighted by molar-refractivity contribution is 6.24. The number of amides is 4. The first-order valence-corrected chi connectivity index (χ1v) is 30.0. The number of nitrogen functional groups attached to an aromatic ring is 1. The topological polar surface area (TPSA) is 257 Å². The number of carbonyl (C=O) groups excluding carboxylic acids is 10. The standard InChI is InChI=1S/C33H18N2O4.C17H8O6.C16H8O3.C13H13N.CH5N.3CH4/c36-30-26-17-15-24(13-11-22-7-3-1-4-8-22)19-28(26)32(38)34(30)21-35-31(37)27-18-16-25(20-29(27)33(35)39)14-12-23-9-5-2-6-10-23;18-14-10-5-4-8(7-12(10)16(20)22-14)6-9-2-1-3-11-13(9)17(21)23-15(11)19;17-15-13-9-8-12(10-14(13)16(18)19-15)7-6-11-4-2-1-3-5-11;14-13-8-4-7-12(10-13)9-11-5-2-1-3-6-11;1-2;;;/h1-10,15-20H,21H2;1-5,7H,6H2;1-5,8-10H;1-8,10H,9,14H2;2H2,1H3;3*1H4. The molecular weight excluding hydrogens is 1260 g/mol. The maximum absolute atomic E-state index is 13.2. The Kier molecular flexibility index (Phi) is 23.6. The minimum Gasteiger partial charge on any atom is -0.399 e. The summed E-state index contributed by atoms with van der Waals surface area (Å²) in [6, 6.07) is 70.8. The van der Waals surface area contributed by atoms with Gasteiger partial charge in [0.05, 0.1) is 55.6 Å². The van der Waals surface area contributed by atoms with Crippen LogP contribution >= 0.6 is 0 Å². The van der Waals surface area contributed by atoms with Gasteiger partial charge in [0, 0.05) is 39.1 Å². The Bertz CT molecular complexity index is 4960. The molecule has 17 heteroatoms. The molecule has 0 unspecified atom stereocenters. The fraction of sp³-hybridized carbons (Fsp3) is 0.0843. The van der Waals surface area contributed by atoms with Crippen LogP contribution in [-0.4, -0.2) is 83.0 Å². The molecule has 10 aromatic rings. The summed E-state index contributed by atoms with van der Waals surface area (Å²) in [6.07, 6.45) is 1.27. The van der Waals surface area contributed by atoms with E-state index < -0.39 is 66.1 Å². The third-order valence-electron chi connectivity index (χ3n) is 15.3. The molecule has 10 aromatic carbocycles. The molecule has 0 saturated heterocycles. The van der Waals surface area contributed by atoms with Gasteiger partial charge in [-0.3, -0.25) is 29.0 Å². The van der Waals surface area contributed by atoms with Gasteiger partial charge in [-0.15, -0.1) is 0 Å². The van der Waals surface area contributed by atoms with E-state index >= 15 is 0 Å². The zero-order valence-corrected chi connectivity index (χ0v) is 51.5. The van der Waals surface area contributed by atoms with Gasteiger partial charge in [0.1, 0.15) is 6.67 Å². The lowest BCUT2D eigenvalue weighted by Gasteiger charge is -2.20. The van der Waals surface area contributed by atoms with Crippen LogP contribution in [0.4, 0.5) is 5.69 Å². The monoisotopic (exact) mass is 1320 g/mol. The number of anilines is 1. The zero-order valence-electron chi connectivity index (χ0n) is 51.5. The number of hydrogen-bond donors (Lipinski definition) is 2. The van der Waals surface area contributed by atoms with Crippen LogP contribution in [-0.2, 0) is 27.1 Å².